The topological polar surface area (TPSA) is 103 Å². The van der Waals surface area contributed by atoms with E-state index in [0.717, 1.165) is 0 Å². The molecule has 168 valence electrons. The molecule has 1 atom stereocenters. The van der Waals surface area contributed by atoms with Gasteiger partial charge in [-0.05, 0) is 59.7 Å². The van der Waals surface area contributed by atoms with Crippen molar-refractivity contribution in [2.24, 2.45) is 4.99 Å². The molecule has 0 unspecified atom stereocenters. The average Bonchev–Trinajstić information content (AvgIpc) is 2.61. The SMILES string of the molecule is C#C[C@@]1(c2cc(N)ccc2F)CCOC(N(C(=O)OC(C)(C)C)C(=O)OC(C)(C)C)=N1. The molecule has 1 aliphatic rings. The smallest absolute Gasteiger partial charge is 0.428 e. The largest absolute Gasteiger partial charge is 0.464 e. The van der Waals surface area contributed by atoms with Gasteiger partial charge < -0.3 is 19.9 Å². The summed E-state index contributed by atoms with van der Waals surface area (Å²) in [5, 5.41) is 0. The van der Waals surface area contributed by atoms with Gasteiger partial charge in [-0.3, -0.25) is 0 Å². The van der Waals surface area contributed by atoms with Crippen LogP contribution in [0.15, 0.2) is 23.2 Å². The van der Waals surface area contributed by atoms with Crippen molar-refractivity contribution in [1.29, 1.82) is 0 Å². The first kappa shape index (κ1) is 24.0. The number of hydrogen-bond acceptors (Lipinski definition) is 7. The van der Waals surface area contributed by atoms with Crippen LogP contribution in [0.5, 0.6) is 0 Å². The van der Waals surface area contributed by atoms with Crippen LogP contribution in [-0.4, -0.2) is 40.9 Å². The van der Waals surface area contributed by atoms with E-state index in [2.05, 4.69) is 10.9 Å². The number of nitrogen functional groups attached to an aromatic ring is 1. The van der Waals surface area contributed by atoms with Crippen LogP contribution in [0.1, 0.15) is 53.5 Å². The second-order valence-corrected chi connectivity index (χ2v) is 9.03. The molecule has 0 spiro atoms. The molecule has 0 aliphatic carbocycles. The molecule has 0 saturated carbocycles. The number of rotatable bonds is 1. The number of carbonyl (C=O) groups is 2. The van der Waals surface area contributed by atoms with Gasteiger partial charge in [-0.1, -0.05) is 5.92 Å². The van der Waals surface area contributed by atoms with E-state index >= 15 is 0 Å². The summed E-state index contributed by atoms with van der Waals surface area (Å²) >= 11 is 0. The first-order valence-electron chi connectivity index (χ1n) is 9.69. The Hall–Kier alpha value is -3.28. The van der Waals surface area contributed by atoms with Gasteiger partial charge in [-0.15, -0.1) is 11.3 Å². The minimum Gasteiger partial charge on any atom is -0.464 e. The number of aliphatic imine (C=N–C) groups is 1. The Kier molecular flexibility index (Phi) is 6.54. The minimum absolute atomic E-state index is 0.0316. The van der Waals surface area contributed by atoms with Gasteiger partial charge >= 0.3 is 18.2 Å². The first-order valence-corrected chi connectivity index (χ1v) is 9.69. The van der Waals surface area contributed by atoms with Crippen LogP contribution < -0.4 is 5.73 Å². The van der Waals surface area contributed by atoms with Crippen molar-refractivity contribution in [1.82, 2.24) is 4.90 Å². The van der Waals surface area contributed by atoms with Gasteiger partial charge in [0, 0.05) is 17.7 Å². The summed E-state index contributed by atoms with van der Waals surface area (Å²) in [7, 11) is 0. The highest BCUT2D eigenvalue weighted by molar-refractivity contribution is 6.06. The fraction of sp³-hybridized carbons (Fsp3) is 0.500. The summed E-state index contributed by atoms with van der Waals surface area (Å²) in [5.41, 5.74) is 2.73. The predicted octanol–water partition coefficient (Wildman–Crippen LogP) is 4.18. The molecule has 2 amide bonds. The van der Waals surface area contributed by atoms with Crippen LogP contribution >= 0.6 is 0 Å². The third-order valence-electron chi connectivity index (χ3n) is 4.00. The number of imide groups is 1. The number of benzene rings is 1. The third-order valence-corrected chi connectivity index (χ3v) is 4.00. The van der Waals surface area contributed by atoms with Gasteiger partial charge in [0.15, 0.2) is 5.54 Å². The molecule has 2 rings (SSSR count). The molecule has 2 N–H and O–H groups in total. The molecule has 1 aromatic carbocycles. The molecule has 0 aromatic heterocycles. The number of nitrogens with two attached hydrogens (primary N) is 1. The molecule has 1 heterocycles. The van der Waals surface area contributed by atoms with Crippen molar-refractivity contribution >= 4 is 23.9 Å². The van der Waals surface area contributed by atoms with Crippen molar-refractivity contribution in [3.63, 3.8) is 0 Å². The Labute approximate surface area is 181 Å². The molecule has 0 fully saturated rings. The van der Waals surface area contributed by atoms with Gasteiger partial charge in [0.25, 0.3) is 0 Å². The number of carbonyl (C=O) groups excluding carboxylic acids is 2. The maximum Gasteiger partial charge on any atom is 0.428 e. The van der Waals surface area contributed by atoms with Gasteiger partial charge in [-0.25, -0.2) is 19.0 Å². The quantitative estimate of drug-likeness (QED) is 0.526. The lowest BCUT2D eigenvalue weighted by molar-refractivity contribution is 0.00873. The number of anilines is 1. The highest BCUT2D eigenvalue weighted by Gasteiger charge is 2.43. The van der Waals surface area contributed by atoms with E-state index in [0.29, 0.717) is 4.90 Å². The zero-order chi connectivity index (χ0) is 23.6. The molecule has 0 saturated heterocycles. The Morgan fingerprint density at radius 3 is 2.23 bits per heavy atom. The minimum atomic E-state index is -1.55. The van der Waals surface area contributed by atoms with Crippen molar-refractivity contribution < 1.29 is 28.2 Å². The number of halogens is 1. The summed E-state index contributed by atoms with van der Waals surface area (Å²) in [6, 6.07) is 3.48. The summed E-state index contributed by atoms with van der Waals surface area (Å²) < 4.78 is 30.7. The van der Waals surface area contributed by atoms with Crippen LogP contribution in [0.2, 0.25) is 0 Å². The highest BCUT2D eigenvalue weighted by Crippen LogP contribution is 2.35. The molecule has 9 heteroatoms. The second-order valence-electron chi connectivity index (χ2n) is 9.03. The van der Waals surface area contributed by atoms with Crippen molar-refractivity contribution in [2.45, 2.75) is 64.7 Å². The Morgan fingerprint density at radius 2 is 1.74 bits per heavy atom. The summed E-state index contributed by atoms with van der Waals surface area (Å²) in [6.45, 7) is 9.76. The summed E-state index contributed by atoms with van der Waals surface area (Å²) in [6.07, 6.45) is 3.70. The van der Waals surface area contributed by atoms with Crippen molar-refractivity contribution in [2.75, 3.05) is 12.3 Å². The first-order chi connectivity index (χ1) is 14.2. The van der Waals surface area contributed by atoms with Crippen LogP contribution in [0, 0.1) is 18.2 Å². The van der Waals surface area contributed by atoms with E-state index in [4.69, 9.17) is 26.4 Å². The van der Waals surface area contributed by atoms with Crippen molar-refractivity contribution in [3.8, 4) is 12.3 Å². The molecular weight excluding hydrogens is 405 g/mol. The van der Waals surface area contributed by atoms with Gasteiger partial charge in [0.2, 0.25) is 0 Å². The number of ether oxygens (including phenoxy) is 3. The number of amides is 2. The van der Waals surface area contributed by atoms with E-state index in [1.54, 1.807) is 41.5 Å². The standard InChI is InChI=1S/C22H28FN3O5/c1-8-22(15-13-14(24)9-10-16(15)23)11-12-29-17(25-22)26(18(27)30-20(2,3)4)19(28)31-21(5,6)7/h1,9-10,13H,11-12,24H2,2-7H3/t22-/m0/s1. The van der Waals surface area contributed by atoms with Crippen molar-refractivity contribution in [3.05, 3.63) is 29.6 Å². The zero-order valence-electron chi connectivity index (χ0n) is 18.6. The zero-order valence-corrected chi connectivity index (χ0v) is 18.6. The van der Waals surface area contributed by atoms with Crippen LogP contribution in [0.4, 0.5) is 19.7 Å². The normalized spacial score (nSPS) is 18.8. The lowest BCUT2D eigenvalue weighted by atomic mass is 9.87. The number of nitrogens with zero attached hydrogens (tertiary/aromatic N) is 2. The lowest BCUT2D eigenvalue weighted by Gasteiger charge is -2.34. The third kappa shape index (κ3) is 5.87. The van der Waals surface area contributed by atoms with Gasteiger partial charge in [-0.2, -0.15) is 0 Å². The molecule has 1 aromatic rings. The molecular formula is C22H28FN3O5. The predicted molar refractivity (Wildman–Crippen MR) is 114 cm³/mol. The highest BCUT2D eigenvalue weighted by atomic mass is 19.1. The van der Waals surface area contributed by atoms with Crippen LogP contribution in [0.3, 0.4) is 0 Å². The maximum atomic E-state index is 14.6. The van der Waals surface area contributed by atoms with Gasteiger partial charge in [0.05, 0.1) is 6.61 Å². The summed E-state index contributed by atoms with van der Waals surface area (Å²) in [5.74, 6) is 1.84. The molecule has 0 radical (unpaired) electrons. The van der Waals surface area contributed by atoms with E-state index < -0.39 is 40.8 Å². The molecule has 8 nitrogen and oxygen atoms in total. The maximum absolute atomic E-state index is 14.6. The molecule has 31 heavy (non-hydrogen) atoms. The molecule has 0 bridgehead atoms. The second kappa shape index (κ2) is 8.46. The van der Waals surface area contributed by atoms with E-state index in [1.807, 2.05) is 0 Å². The molecule has 1 aliphatic heterocycles. The van der Waals surface area contributed by atoms with E-state index in [-0.39, 0.29) is 24.3 Å². The number of terminal acetylenes is 1. The number of amidine groups is 1. The Bertz CT molecular complexity index is 912. The van der Waals surface area contributed by atoms with Crippen LogP contribution in [0.25, 0.3) is 0 Å². The fourth-order valence-electron chi connectivity index (χ4n) is 2.74. The van der Waals surface area contributed by atoms with E-state index in [1.165, 1.54) is 18.2 Å². The Morgan fingerprint density at radius 1 is 1.19 bits per heavy atom. The van der Waals surface area contributed by atoms with Gasteiger partial charge in [0.1, 0.15) is 17.0 Å². The fourth-order valence-corrected chi connectivity index (χ4v) is 2.74. The Balaban J connectivity index is 2.59. The average molecular weight is 433 g/mol. The van der Waals surface area contributed by atoms with E-state index in [9.17, 15) is 14.0 Å². The monoisotopic (exact) mass is 433 g/mol. The van der Waals surface area contributed by atoms with Crippen LogP contribution in [-0.2, 0) is 19.7 Å². The lowest BCUT2D eigenvalue weighted by Crippen LogP contribution is -2.50. The summed E-state index contributed by atoms with van der Waals surface area (Å²) in [4.78, 5) is 30.5. The number of hydrogen-bond donors (Lipinski definition) is 1.